The minimum Gasteiger partial charge on any atom is -0.392 e. The van der Waals surface area contributed by atoms with Crippen molar-refractivity contribution in [2.45, 2.75) is 39.8 Å². The lowest BCUT2D eigenvalue weighted by Gasteiger charge is -2.29. The Balaban J connectivity index is 3.08. The van der Waals surface area contributed by atoms with Gasteiger partial charge in [0, 0.05) is 28.8 Å². The van der Waals surface area contributed by atoms with Crippen molar-refractivity contribution in [3.8, 4) is 0 Å². The first-order valence-electron chi connectivity index (χ1n) is 5.65. The number of pyridine rings is 1. The maximum atomic E-state index is 9.35. The topological polar surface area (TPSA) is 36.4 Å². The van der Waals surface area contributed by atoms with Crippen molar-refractivity contribution in [2.75, 3.05) is 11.4 Å². The number of rotatable bonds is 5. The van der Waals surface area contributed by atoms with Crippen LogP contribution in [0.2, 0.25) is 0 Å². The first-order chi connectivity index (χ1) is 7.63. The van der Waals surface area contributed by atoms with Crippen LogP contribution in [0, 0.1) is 0 Å². The van der Waals surface area contributed by atoms with Crippen molar-refractivity contribution in [2.24, 2.45) is 0 Å². The lowest BCUT2D eigenvalue weighted by atomic mass is 10.2. The largest absolute Gasteiger partial charge is 0.392 e. The molecule has 0 aliphatic heterocycles. The Bertz CT molecular complexity index is 344. The Kier molecular flexibility index (Phi) is 5.22. The van der Waals surface area contributed by atoms with Crippen LogP contribution in [0.5, 0.6) is 0 Å². The van der Waals surface area contributed by atoms with E-state index in [9.17, 15) is 5.11 Å². The monoisotopic (exact) mass is 286 g/mol. The molecule has 1 heterocycles. The third-order valence-corrected chi connectivity index (χ3v) is 3.25. The van der Waals surface area contributed by atoms with Crippen LogP contribution in [0.25, 0.3) is 0 Å². The summed E-state index contributed by atoms with van der Waals surface area (Å²) in [5.74, 6) is 0.891. The highest BCUT2D eigenvalue weighted by Gasteiger charge is 2.15. The normalized spacial score (nSPS) is 12.6. The van der Waals surface area contributed by atoms with Gasteiger partial charge in [-0.1, -0.05) is 6.92 Å². The first kappa shape index (κ1) is 13.5. The lowest BCUT2D eigenvalue weighted by Crippen LogP contribution is -2.33. The molecule has 0 saturated heterocycles. The highest BCUT2D eigenvalue weighted by Crippen LogP contribution is 2.23. The Morgan fingerprint density at radius 2 is 2.19 bits per heavy atom. The van der Waals surface area contributed by atoms with Gasteiger partial charge in [-0.2, -0.15) is 0 Å². The SMILES string of the molecule is CCC(C)N(CC)c1ncc(Br)cc1CO. The number of halogens is 1. The Labute approximate surface area is 106 Å². The molecule has 1 aromatic heterocycles. The quantitative estimate of drug-likeness (QED) is 0.904. The van der Waals surface area contributed by atoms with Crippen molar-refractivity contribution >= 4 is 21.7 Å². The molecule has 90 valence electrons. The number of hydrogen-bond donors (Lipinski definition) is 1. The van der Waals surface area contributed by atoms with Gasteiger partial charge in [0.1, 0.15) is 5.82 Å². The molecule has 0 radical (unpaired) electrons. The molecule has 0 bridgehead atoms. The minimum absolute atomic E-state index is 0.0225. The number of aromatic nitrogens is 1. The molecule has 0 aliphatic carbocycles. The smallest absolute Gasteiger partial charge is 0.134 e. The maximum absolute atomic E-state index is 9.35. The number of aliphatic hydroxyl groups excluding tert-OH is 1. The summed E-state index contributed by atoms with van der Waals surface area (Å²) in [6.07, 6.45) is 2.84. The van der Waals surface area contributed by atoms with Gasteiger partial charge in [-0.3, -0.25) is 0 Å². The molecule has 0 aromatic carbocycles. The maximum Gasteiger partial charge on any atom is 0.134 e. The van der Waals surface area contributed by atoms with Crippen molar-refractivity contribution in [3.05, 3.63) is 22.3 Å². The summed E-state index contributed by atoms with van der Waals surface area (Å²) in [5.41, 5.74) is 0.872. The number of anilines is 1. The zero-order valence-electron chi connectivity index (χ0n) is 10.1. The van der Waals surface area contributed by atoms with Gasteiger partial charge >= 0.3 is 0 Å². The fourth-order valence-electron chi connectivity index (χ4n) is 1.74. The van der Waals surface area contributed by atoms with E-state index < -0.39 is 0 Å². The van der Waals surface area contributed by atoms with Gasteiger partial charge in [-0.05, 0) is 42.3 Å². The molecule has 3 nitrogen and oxygen atoms in total. The predicted octanol–water partition coefficient (Wildman–Crippen LogP) is 2.96. The van der Waals surface area contributed by atoms with Gasteiger partial charge in [-0.25, -0.2) is 4.98 Å². The van der Waals surface area contributed by atoms with Crippen LogP contribution in [0.15, 0.2) is 16.7 Å². The number of aliphatic hydroxyl groups is 1. The highest BCUT2D eigenvalue weighted by atomic mass is 79.9. The molecule has 4 heteroatoms. The van der Waals surface area contributed by atoms with Crippen LogP contribution in [0.4, 0.5) is 5.82 Å². The van der Waals surface area contributed by atoms with Gasteiger partial charge < -0.3 is 10.0 Å². The second kappa shape index (κ2) is 6.21. The Morgan fingerprint density at radius 1 is 1.50 bits per heavy atom. The van der Waals surface area contributed by atoms with E-state index in [2.05, 4.69) is 46.6 Å². The molecule has 1 unspecified atom stereocenters. The second-order valence-corrected chi connectivity index (χ2v) is 4.75. The molecular weight excluding hydrogens is 268 g/mol. The molecule has 1 atom stereocenters. The van der Waals surface area contributed by atoms with Crippen LogP contribution in [-0.2, 0) is 6.61 Å². The molecule has 16 heavy (non-hydrogen) atoms. The van der Waals surface area contributed by atoms with Crippen LogP contribution >= 0.6 is 15.9 Å². The predicted molar refractivity (Wildman–Crippen MR) is 70.6 cm³/mol. The molecule has 0 amide bonds. The molecule has 0 spiro atoms. The van der Waals surface area contributed by atoms with Gasteiger partial charge in [0.15, 0.2) is 0 Å². The summed E-state index contributed by atoms with van der Waals surface area (Å²) >= 11 is 3.37. The third kappa shape index (κ3) is 2.95. The van der Waals surface area contributed by atoms with Gasteiger partial charge in [-0.15, -0.1) is 0 Å². The van der Waals surface area contributed by atoms with Gasteiger partial charge in [0.25, 0.3) is 0 Å². The molecule has 1 rings (SSSR count). The molecular formula is C12H19BrN2O. The van der Waals surface area contributed by atoms with Crippen molar-refractivity contribution < 1.29 is 5.11 Å². The Morgan fingerprint density at radius 3 is 2.69 bits per heavy atom. The summed E-state index contributed by atoms with van der Waals surface area (Å²) in [6.45, 7) is 7.36. The average Bonchev–Trinajstić information content (AvgIpc) is 2.31. The van der Waals surface area contributed by atoms with Crippen LogP contribution < -0.4 is 4.90 Å². The summed E-state index contributed by atoms with van der Waals surface area (Å²) in [5, 5.41) is 9.35. The fraction of sp³-hybridized carbons (Fsp3) is 0.583. The highest BCUT2D eigenvalue weighted by molar-refractivity contribution is 9.10. The molecule has 1 aromatic rings. The van der Waals surface area contributed by atoms with E-state index in [1.165, 1.54) is 0 Å². The van der Waals surface area contributed by atoms with Crippen molar-refractivity contribution in [3.63, 3.8) is 0 Å². The summed E-state index contributed by atoms with van der Waals surface area (Å²) < 4.78 is 0.903. The van der Waals surface area contributed by atoms with Crippen LogP contribution in [0.3, 0.4) is 0 Å². The van der Waals surface area contributed by atoms with Crippen LogP contribution in [-0.4, -0.2) is 22.7 Å². The van der Waals surface area contributed by atoms with E-state index in [1.807, 2.05) is 6.07 Å². The third-order valence-electron chi connectivity index (χ3n) is 2.82. The van der Waals surface area contributed by atoms with E-state index in [-0.39, 0.29) is 6.61 Å². The molecule has 0 aliphatic rings. The number of hydrogen-bond acceptors (Lipinski definition) is 3. The van der Waals surface area contributed by atoms with E-state index in [4.69, 9.17) is 0 Å². The summed E-state index contributed by atoms with van der Waals surface area (Å²) in [4.78, 5) is 6.63. The standard InChI is InChI=1S/C12H19BrN2O/c1-4-9(3)15(5-2)12-10(8-16)6-11(13)7-14-12/h6-7,9,16H,4-5,8H2,1-3H3. The average molecular weight is 287 g/mol. The second-order valence-electron chi connectivity index (χ2n) is 3.84. The fourth-order valence-corrected chi connectivity index (χ4v) is 2.12. The van der Waals surface area contributed by atoms with E-state index in [0.29, 0.717) is 6.04 Å². The van der Waals surface area contributed by atoms with Crippen molar-refractivity contribution in [1.82, 2.24) is 4.98 Å². The van der Waals surface area contributed by atoms with Crippen molar-refractivity contribution in [1.29, 1.82) is 0 Å². The molecule has 0 fully saturated rings. The van der Waals surface area contributed by atoms with E-state index >= 15 is 0 Å². The zero-order valence-corrected chi connectivity index (χ0v) is 11.7. The number of nitrogens with zero attached hydrogens (tertiary/aromatic N) is 2. The van der Waals surface area contributed by atoms with E-state index in [0.717, 1.165) is 28.8 Å². The zero-order chi connectivity index (χ0) is 12.1. The van der Waals surface area contributed by atoms with Gasteiger partial charge in [0.05, 0.1) is 6.61 Å². The van der Waals surface area contributed by atoms with Gasteiger partial charge in [0.2, 0.25) is 0 Å². The molecule has 0 saturated carbocycles. The first-order valence-corrected chi connectivity index (χ1v) is 6.45. The Hall–Kier alpha value is -0.610. The summed E-state index contributed by atoms with van der Waals surface area (Å²) in [7, 11) is 0. The van der Waals surface area contributed by atoms with E-state index in [1.54, 1.807) is 6.20 Å². The minimum atomic E-state index is 0.0225. The van der Waals surface area contributed by atoms with Crippen LogP contribution in [0.1, 0.15) is 32.8 Å². The lowest BCUT2D eigenvalue weighted by molar-refractivity contribution is 0.281. The molecule has 1 N–H and O–H groups in total. The summed E-state index contributed by atoms with van der Waals surface area (Å²) in [6, 6.07) is 2.36.